The standard InChI is InChI=1S/C43H40N2S/c1-25(2)32-22-30(43(5,6)7)23-33(26(3)4)41(32)45-38-15-11-10-14-37(38)44-42(45)29-18-19-39-35(20-29)36-24-34-28(21-40(36)46-39)17-16-27-12-8-9-13-31(27)34/h8-26H,1-7H3. The molecule has 3 heteroatoms. The van der Waals surface area contributed by atoms with Crippen LogP contribution >= 0.6 is 11.3 Å². The number of imidazole rings is 1. The van der Waals surface area contributed by atoms with E-state index in [0.29, 0.717) is 11.8 Å². The van der Waals surface area contributed by atoms with E-state index in [1.807, 2.05) is 11.3 Å². The van der Waals surface area contributed by atoms with Gasteiger partial charge in [0.05, 0.1) is 16.7 Å². The Balaban J connectivity index is 1.43. The summed E-state index contributed by atoms with van der Waals surface area (Å²) in [5.74, 6) is 1.71. The Kier molecular flexibility index (Phi) is 6.63. The van der Waals surface area contributed by atoms with Gasteiger partial charge in [-0.2, -0.15) is 0 Å². The van der Waals surface area contributed by atoms with Crippen molar-refractivity contribution >= 4 is 64.1 Å². The van der Waals surface area contributed by atoms with Crippen LogP contribution in [0.15, 0.2) is 103 Å². The number of rotatable bonds is 4. The summed E-state index contributed by atoms with van der Waals surface area (Å²) in [7, 11) is 0. The molecule has 0 saturated heterocycles. The fourth-order valence-electron chi connectivity index (χ4n) is 7.11. The Morgan fingerprint density at radius 3 is 2.02 bits per heavy atom. The van der Waals surface area contributed by atoms with Crippen molar-refractivity contribution in [2.24, 2.45) is 0 Å². The monoisotopic (exact) mass is 616 g/mol. The summed E-state index contributed by atoms with van der Waals surface area (Å²) in [6, 6.07) is 38.5. The molecule has 0 saturated carbocycles. The SMILES string of the molecule is CC(C)c1cc(C(C)(C)C)cc(C(C)C)c1-n1c(-c2ccc3sc4cc5ccc6ccccc6c5cc4c3c2)nc2ccccc21. The van der Waals surface area contributed by atoms with Crippen molar-refractivity contribution in [2.45, 2.75) is 65.7 Å². The molecule has 0 aliphatic heterocycles. The number of hydrogen-bond acceptors (Lipinski definition) is 2. The van der Waals surface area contributed by atoms with Gasteiger partial charge in [-0.25, -0.2) is 4.98 Å². The molecule has 2 heterocycles. The van der Waals surface area contributed by atoms with Crippen LogP contribution < -0.4 is 0 Å². The summed E-state index contributed by atoms with van der Waals surface area (Å²) < 4.78 is 5.09. The quantitative estimate of drug-likeness (QED) is 0.180. The molecule has 0 fully saturated rings. The molecule has 8 rings (SSSR count). The smallest absolute Gasteiger partial charge is 0.145 e. The van der Waals surface area contributed by atoms with Crippen LogP contribution in [-0.4, -0.2) is 9.55 Å². The molecule has 0 radical (unpaired) electrons. The molecule has 0 spiro atoms. The minimum Gasteiger partial charge on any atom is -0.292 e. The Morgan fingerprint density at radius 1 is 0.609 bits per heavy atom. The molecule has 8 aromatic rings. The van der Waals surface area contributed by atoms with E-state index in [2.05, 4.69) is 156 Å². The van der Waals surface area contributed by atoms with E-state index in [4.69, 9.17) is 4.98 Å². The number of fused-ring (bicyclic) bond motifs is 7. The first-order valence-corrected chi connectivity index (χ1v) is 17.3. The molecule has 2 nitrogen and oxygen atoms in total. The molecule has 0 amide bonds. The number of para-hydroxylation sites is 2. The molecular formula is C43H40N2S. The minimum absolute atomic E-state index is 0.0617. The lowest BCUT2D eigenvalue weighted by molar-refractivity contribution is 0.586. The van der Waals surface area contributed by atoms with Crippen LogP contribution in [0, 0.1) is 0 Å². The topological polar surface area (TPSA) is 17.8 Å². The molecule has 2 aromatic heterocycles. The number of hydrogen-bond donors (Lipinski definition) is 0. The first-order chi connectivity index (χ1) is 22.1. The highest BCUT2D eigenvalue weighted by Crippen LogP contribution is 2.43. The average Bonchev–Trinajstić information content (AvgIpc) is 3.60. The van der Waals surface area contributed by atoms with Gasteiger partial charge in [0.25, 0.3) is 0 Å². The Bertz CT molecular complexity index is 2430. The van der Waals surface area contributed by atoms with Gasteiger partial charge in [-0.3, -0.25) is 4.57 Å². The number of thiophene rings is 1. The van der Waals surface area contributed by atoms with Crippen molar-refractivity contribution in [3.63, 3.8) is 0 Å². The van der Waals surface area contributed by atoms with Crippen LogP contribution in [0.1, 0.15) is 77.0 Å². The van der Waals surface area contributed by atoms with Crippen molar-refractivity contribution < 1.29 is 0 Å². The molecular weight excluding hydrogens is 577 g/mol. The molecule has 6 aromatic carbocycles. The van der Waals surface area contributed by atoms with Crippen molar-refractivity contribution in [1.82, 2.24) is 9.55 Å². The average molecular weight is 617 g/mol. The van der Waals surface area contributed by atoms with Gasteiger partial charge in [-0.1, -0.05) is 109 Å². The maximum absolute atomic E-state index is 5.36. The lowest BCUT2D eigenvalue weighted by Gasteiger charge is -2.28. The third-order valence-electron chi connectivity index (χ3n) is 9.66. The second-order valence-electron chi connectivity index (χ2n) is 14.5. The Hall–Kier alpha value is -4.47. The summed E-state index contributed by atoms with van der Waals surface area (Å²) >= 11 is 1.88. The first-order valence-electron chi connectivity index (χ1n) is 16.5. The zero-order chi connectivity index (χ0) is 31.9. The van der Waals surface area contributed by atoms with Crippen molar-refractivity contribution in [1.29, 1.82) is 0 Å². The maximum Gasteiger partial charge on any atom is 0.145 e. The summed E-state index contributed by atoms with van der Waals surface area (Å²) in [6.07, 6.45) is 0. The van der Waals surface area contributed by atoms with Crippen LogP contribution in [0.3, 0.4) is 0 Å². The van der Waals surface area contributed by atoms with Crippen molar-refractivity contribution in [3.8, 4) is 17.1 Å². The predicted octanol–water partition coefficient (Wildman–Crippen LogP) is 12.9. The molecule has 46 heavy (non-hydrogen) atoms. The normalized spacial score (nSPS) is 12.6. The van der Waals surface area contributed by atoms with Crippen LogP contribution in [0.25, 0.3) is 69.8 Å². The predicted molar refractivity (Wildman–Crippen MR) is 201 cm³/mol. The van der Waals surface area contributed by atoms with E-state index < -0.39 is 0 Å². The van der Waals surface area contributed by atoms with E-state index in [-0.39, 0.29) is 5.41 Å². The highest BCUT2D eigenvalue weighted by Gasteiger charge is 2.26. The summed E-state index contributed by atoms with van der Waals surface area (Å²) in [5.41, 5.74) is 8.81. The van der Waals surface area contributed by atoms with Crippen LogP contribution in [-0.2, 0) is 5.41 Å². The molecule has 228 valence electrons. The van der Waals surface area contributed by atoms with Gasteiger partial charge >= 0.3 is 0 Å². The molecule has 0 aliphatic rings. The Morgan fingerprint density at radius 2 is 1.28 bits per heavy atom. The number of nitrogens with zero attached hydrogens (tertiary/aromatic N) is 2. The summed E-state index contributed by atoms with van der Waals surface area (Å²) in [4.78, 5) is 5.36. The largest absolute Gasteiger partial charge is 0.292 e. The first kappa shape index (κ1) is 29.0. The molecule has 0 unspecified atom stereocenters. The zero-order valence-corrected chi connectivity index (χ0v) is 28.6. The number of aromatic nitrogens is 2. The zero-order valence-electron chi connectivity index (χ0n) is 27.8. The van der Waals surface area contributed by atoms with E-state index in [1.54, 1.807) is 0 Å². The lowest BCUT2D eigenvalue weighted by Crippen LogP contribution is -2.16. The second-order valence-corrected chi connectivity index (χ2v) is 15.6. The van der Waals surface area contributed by atoms with Crippen molar-refractivity contribution in [2.75, 3.05) is 0 Å². The fraction of sp³-hybridized carbons (Fsp3) is 0.233. The molecule has 0 atom stereocenters. The van der Waals surface area contributed by atoms with Gasteiger partial charge in [-0.05, 0) is 98.0 Å². The fourth-order valence-corrected chi connectivity index (χ4v) is 8.23. The summed E-state index contributed by atoms with van der Waals surface area (Å²) in [6.45, 7) is 16.3. The van der Waals surface area contributed by atoms with E-state index in [0.717, 1.165) is 22.4 Å². The minimum atomic E-state index is 0.0617. The van der Waals surface area contributed by atoms with Crippen LogP contribution in [0.2, 0.25) is 0 Å². The third kappa shape index (κ3) is 4.55. The van der Waals surface area contributed by atoms with Crippen molar-refractivity contribution in [3.05, 3.63) is 120 Å². The van der Waals surface area contributed by atoms with Crippen LogP contribution in [0.5, 0.6) is 0 Å². The van der Waals surface area contributed by atoms with E-state index in [9.17, 15) is 0 Å². The highest BCUT2D eigenvalue weighted by molar-refractivity contribution is 7.25. The Labute approximate surface area is 275 Å². The van der Waals surface area contributed by atoms with Crippen LogP contribution in [0.4, 0.5) is 0 Å². The maximum atomic E-state index is 5.36. The van der Waals surface area contributed by atoms with Gasteiger partial charge in [0.2, 0.25) is 0 Å². The van der Waals surface area contributed by atoms with Gasteiger partial charge in [0.15, 0.2) is 0 Å². The lowest BCUT2D eigenvalue weighted by atomic mass is 9.81. The second kappa shape index (κ2) is 10.5. The van der Waals surface area contributed by atoms with Gasteiger partial charge in [0, 0.05) is 25.7 Å². The van der Waals surface area contributed by atoms with E-state index in [1.165, 1.54) is 64.1 Å². The number of benzene rings is 6. The molecule has 0 bridgehead atoms. The molecule has 0 N–H and O–H groups in total. The molecule has 0 aliphatic carbocycles. The third-order valence-corrected chi connectivity index (χ3v) is 10.8. The van der Waals surface area contributed by atoms with E-state index >= 15 is 0 Å². The summed E-state index contributed by atoms with van der Waals surface area (Å²) in [5, 5.41) is 7.80. The van der Waals surface area contributed by atoms with Gasteiger partial charge < -0.3 is 0 Å². The van der Waals surface area contributed by atoms with Gasteiger partial charge in [0.1, 0.15) is 5.82 Å². The van der Waals surface area contributed by atoms with Gasteiger partial charge in [-0.15, -0.1) is 11.3 Å². The highest BCUT2D eigenvalue weighted by atomic mass is 32.1.